The molecule has 1 aliphatic carbocycles. The number of benzene rings is 5. The molecule has 8 rings (SSSR count). The van der Waals surface area contributed by atoms with Crippen LogP contribution in [-0.4, -0.2) is 95.4 Å². The minimum absolute atomic E-state index is 0. The van der Waals surface area contributed by atoms with E-state index in [1.807, 2.05) is 77.7 Å². The van der Waals surface area contributed by atoms with Crippen molar-refractivity contribution in [3.8, 4) is 62.3 Å². The second-order valence-electron chi connectivity index (χ2n) is 14.4. The van der Waals surface area contributed by atoms with Gasteiger partial charge in [0.05, 0.1) is 62.8 Å². The van der Waals surface area contributed by atoms with Crippen LogP contribution in [0.1, 0.15) is 8.56 Å². The topological polar surface area (TPSA) is 240 Å². The van der Waals surface area contributed by atoms with Crippen molar-refractivity contribution in [3.63, 3.8) is 0 Å². The Morgan fingerprint density at radius 3 is 1.60 bits per heavy atom. The van der Waals surface area contributed by atoms with Gasteiger partial charge in [0.1, 0.15) is 40.9 Å². The summed E-state index contributed by atoms with van der Waals surface area (Å²) in [5.41, 5.74) is 4.56. The smallest absolute Gasteiger partial charge is 1.00 e. The first-order valence-corrected chi connectivity index (χ1v) is 26.5. The monoisotopic (exact) mass is 1260 g/mol. The molecule has 19 nitrogen and oxygen atoms in total. The predicted octanol–water partition coefficient (Wildman–Crippen LogP) is 3.50. The summed E-state index contributed by atoms with van der Waals surface area (Å²) in [4.78, 5) is 13.0. The molecule has 0 spiro atoms. The third-order valence-corrected chi connectivity index (χ3v) is 13.6. The van der Waals surface area contributed by atoms with E-state index in [2.05, 4.69) is 48.6 Å². The summed E-state index contributed by atoms with van der Waals surface area (Å²) in [5.74, 6) is 2.45. The van der Waals surface area contributed by atoms with Gasteiger partial charge in [0.2, 0.25) is 5.76 Å². The van der Waals surface area contributed by atoms with E-state index in [9.17, 15) is 21.2 Å². The van der Waals surface area contributed by atoms with Crippen LogP contribution in [-0.2, 0) is 34.5 Å². The molecular weight excluding hydrogens is 1210 g/mol. The first-order valence-electron chi connectivity index (χ1n) is 22.1. The number of carbonyl (C=O) groups excluding carboxylic acids is 1. The van der Waals surface area contributed by atoms with Crippen molar-refractivity contribution in [1.82, 2.24) is 10.3 Å². The average molecular weight is 1260 g/mol. The summed E-state index contributed by atoms with van der Waals surface area (Å²) >= 11 is 2.15. The van der Waals surface area contributed by atoms with Crippen LogP contribution >= 0.6 is 22.6 Å². The van der Waals surface area contributed by atoms with Gasteiger partial charge < -0.3 is 49.0 Å². The fourth-order valence-electron chi connectivity index (χ4n) is 6.95. The number of hydrogen-bond donors (Lipinski definition) is 1. The summed E-state index contributed by atoms with van der Waals surface area (Å²) < 4.78 is 116. The van der Waals surface area contributed by atoms with Crippen LogP contribution in [0, 0.1) is 6.08 Å². The molecule has 7 aromatic rings. The molecule has 0 atom stereocenters. The minimum Gasteiger partial charge on any atom is -1.00 e. The average Bonchev–Trinajstić information content (AvgIpc) is 4.17. The van der Waals surface area contributed by atoms with Gasteiger partial charge in [0.15, 0.2) is 38.5 Å². The zero-order valence-corrected chi connectivity index (χ0v) is 53.6. The van der Waals surface area contributed by atoms with Crippen LogP contribution in [0.5, 0.6) is 28.7 Å². The molecule has 0 fully saturated rings. The summed E-state index contributed by atoms with van der Waals surface area (Å²) in [6.07, 6.45) is 7.97. The van der Waals surface area contributed by atoms with Crippen molar-refractivity contribution in [1.29, 1.82) is 0 Å². The number of para-hydroxylation sites is 1. The maximum atomic E-state index is 13.7. The Kier molecular flexibility index (Phi) is 29.7. The number of methoxy groups -OCH3 is 6. The van der Waals surface area contributed by atoms with E-state index in [1.165, 1.54) is 54.7 Å². The second-order valence-corrected chi connectivity index (χ2v) is 17.9. The number of sulfonamides is 2. The number of nitrogens with one attached hydrogen (secondary N) is 1. The molecule has 2 heterocycles. The molecule has 0 saturated carbocycles. The number of rotatable bonds is 17. The zero-order valence-electron chi connectivity index (χ0n) is 45.6. The maximum Gasteiger partial charge on any atom is 1.00 e. The molecule has 0 saturated heterocycles. The number of anilines is 2. The molecule has 77 heavy (non-hydrogen) atoms. The Bertz CT molecular complexity index is 3270. The molecule has 25 heteroatoms. The summed E-state index contributed by atoms with van der Waals surface area (Å²) in [5, 5.41) is 16.2. The number of hydrogen-bond acceptors (Lipinski definition) is 17. The van der Waals surface area contributed by atoms with Gasteiger partial charge in [-0.2, -0.15) is 0 Å². The third-order valence-electron chi connectivity index (χ3n) is 10.3. The van der Waals surface area contributed by atoms with Crippen LogP contribution in [0.3, 0.4) is 0 Å². The molecule has 398 valence electrons. The molecule has 0 amide bonds. The second kappa shape index (κ2) is 34.3. The molecule has 5 aromatic carbocycles. The standard InChI is InChI=1S/C25H24N2O6S.C24H21N2O6S.CH3F.CH3I.CH2O3.2K.H/c1-27(24-16-21(33-26-24)19-12-8-9-13-20(19)30-2)34(28,29)25-22(31-3)14-18(15-23(25)32-4)17-10-6-5-7-11-17;1-29-19-12-8-7-11-18(19)20-15-23(25-32-20)26-33(27,28)24-21(30-2)13-17(14-22(24)31-3)16-9-5-4-6-10-16;2*1-2;2-1-4-3;;;/h5-16H,1-4H3;4-7,9-15H,1-3H3,(H,25,26);2*1H3;1,3H;;;/q;+1;;;;2*+1;-1/p-1/i;;1D;;;;;. The largest absolute Gasteiger partial charge is 1.00 e. The quantitative estimate of drug-likeness (QED) is 0.0261. The Labute approximate surface area is 548 Å². The molecule has 2 aromatic heterocycles. The van der Waals surface area contributed by atoms with Gasteiger partial charge in [0.25, 0.3) is 26.5 Å². The van der Waals surface area contributed by atoms with Gasteiger partial charge >= 0.3 is 103 Å². The molecule has 0 aliphatic heterocycles. The van der Waals surface area contributed by atoms with E-state index in [1.54, 1.807) is 61.7 Å². The minimum atomic E-state index is -4.14. The number of allylic oxidation sites excluding steroid dienone is 5. The Morgan fingerprint density at radius 1 is 0.675 bits per heavy atom. The fourth-order valence-corrected chi connectivity index (χ4v) is 9.64. The number of ether oxygens (including phenoxy) is 6. The maximum absolute atomic E-state index is 13.7. The van der Waals surface area contributed by atoms with Crippen LogP contribution in [0.4, 0.5) is 16.0 Å². The van der Waals surface area contributed by atoms with Gasteiger partial charge in [-0.3, -0.25) is 13.9 Å². The summed E-state index contributed by atoms with van der Waals surface area (Å²) in [7, 11) is 0.809. The van der Waals surface area contributed by atoms with Crippen LogP contribution < -0.4 is 141 Å². The van der Waals surface area contributed by atoms with Crippen LogP contribution in [0.2, 0.25) is 0 Å². The van der Waals surface area contributed by atoms with E-state index < -0.39 is 27.2 Å². The van der Waals surface area contributed by atoms with Crippen molar-refractivity contribution < 1.29 is 179 Å². The number of nitrogens with zero attached hydrogens (tertiary/aromatic N) is 3. The van der Waals surface area contributed by atoms with E-state index in [0.29, 0.717) is 34.2 Å². The number of alkyl halides is 2. The van der Waals surface area contributed by atoms with Gasteiger partial charge in [0, 0.05) is 25.3 Å². The molecule has 0 bridgehead atoms. The van der Waals surface area contributed by atoms with Gasteiger partial charge in [-0.25, -0.2) is 21.1 Å². The van der Waals surface area contributed by atoms with Crippen LogP contribution in [0.25, 0.3) is 39.2 Å². The first kappa shape index (κ1) is 66.6. The normalized spacial score (nSPS) is 11.1. The SMILES string of the molecule is CI.COC1=C(c2cc(NS(=O)(=O)c3c(OC)cc(-c4ccccc4)cc3OC)no2)C=C[C+]=C1.COc1ccccc1-c1cc(N(C)S(=O)(=O)c2c(OC)cc(-c3ccccc3)cc2OC)no1.O=CO[O-].[2H]CF.[H-].[K+].[K+]. The van der Waals surface area contributed by atoms with Crippen molar-refractivity contribution in [2.45, 2.75) is 9.79 Å². The zero-order chi connectivity index (χ0) is 55.8. The first-order chi connectivity index (χ1) is 36.7. The molecular formula is C52H53FIK2N4O15S2+. The molecule has 1 N–H and O–H groups in total. The Balaban J connectivity index is 0.000000665. The number of aromatic nitrogens is 2. The summed E-state index contributed by atoms with van der Waals surface area (Å²) in [6.45, 7) is -0.181. The molecule has 0 radical (unpaired) electrons. The number of halogens is 2. The molecule has 0 unspecified atom stereocenters. The van der Waals surface area contributed by atoms with Gasteiger partial charge in [-0.05, 0) is 63.6 Å². The van der Waals surface area contributed by atoms with Crippen molar-refractivity contribution in [2.75, 3.05) is 70.8 Å². The van der Waals surface area contributed by atoms with E-state index in [-0.39, 0.29) is 155 Å². The van der Waals surface area contributed by atoms with Gasteiger partial charge in [-0.1, -0.05) is 106 Å². The summed E-state index contributed by atoms with van der Waals surface area (Å²) in [6, 6.07) is 35.9. The van der Waals surface area contributed by atoms with Crippen molar-refractivity contribution >= 4 is 66.3 Å². The predicted molar refractivity (Wildman–Crippen MR) is 287 cm³/mol. The molecule has 1 aliphatic rings. The fraction of sp³-hybridized carbons (Fsp3) is 0.173. The van der Waals surface area contributed by atoms with Crippen LogP contribution in [0.15, 0.2) is 164 Å². The van der Waals surface area contributed by atoms with Crippen molar-refractivity contribution in [2.24, 2.45) is 0 Å². The number of carbonyl (C=O) groups is 1. The van der Waals surface area contributed by atoms with E-state index in [4.69, 9.17) is 48.9 Å². The van der Waals surface area contributed by atoms with E-state index >= 15 is 0 Å². The van der Waals surface area contributed by atoms with Gasteiger partial charge in [-0.15, -0.1) is 0 Å². The van der Waals surface area contributed by atoms with Crippen molar-refractivity contribution in [3.05, 3.63) is 157 Å². The Hall–Kier alpha value is -4.69. The van der Waals surface area contributed by atoms with E-state index in [0.717, 1.165) is 26.6 Å². The third kappa shape index (κ3) is 17.7. The Morgan fingerprint density at radius 2 is 1.13 bits per heavy atom.